The Kier molecular flexibility index (Phi) is 3.87. The van der Waals surface area contributed by atoms with Gasteiger partial charge < -0.3 is 5.73 Å². The van der Waals surface area contributed by atoms with Crippen molar-refractivity contribution in [2.45, 2.75) is 5.75 Å². The lowest BCUT2D eigenvalue weighted by atomic mass is 10.2. The van der Waals surface area contributed by atoms with Crippen molar-refractivity contribution in [3.8, 4) is 0 Å². The van der Waals surface area contributed by atoms with Crippen molar-refractivity contribution < 1.29 is 0 Å². The number of halogens is 1. The standard InChI is InChI=1S/C8H9IN2S/c9-7-3-1-2-6(4-7)5-12-8(10)11/h1-4H,5H2,(H3,10,11). The molecular weight excluding hydrogens is 283 g/mol. The average molecular weight is 292 g/mol. The van der Waals surface area contributed by atoms with Crippen LogP contribution in [0.5, 0.6) is 0 Å². The second kappa shape index (κ2) is 4.71. The quantitative estimate of drug-likeness (QED) is 0.499. The van der Waals surface area contributed by atoms with Gasteiger partial charge >= 0.3 is 0 Å². The van der Waals surface area contributed by atoms with Crippen LogP contribution in [0.1, 0.15) is 5.56 Å². The van der Waals surface area contributed by atoms with E-state index in [9.17, 15) is 0 Å². The molecule has 64 valence electrons. The van der Waals surface area contributed by atoms with Gasteiger partial charge in [-0.2, -0.15) is 0 Å². The predicted octanol–water partition coefficient (Wildman–Crippen LogP) is 2.42. The SMILES string of the molecule is N=C(N)SCc1cccc(I)c1. The first-order valence-corrected chi connectivity index (χ1v) is 5.46. The molecule has 1 rings (SSSR count). The lowest BCUT2D eigenvalue weighted by molar-refractivity contribution is 1.40. The minimum atomic E-state index is 0.175. The minimum absolute atomic E-state index is 0.175. The molecule has 0 aromatic heterocycles. The van der Waals surface area contributed by atoms with Gasteiger partial charge in [0.25, 0.3) is 0 Å². The zero-order valence-corrected chi connectivity index (χ0v) is 9.35. The molecule has 0 saturated carbocycles. The summed E-state index contributed by atoms with van der Waals surface area (Å²) in [4.78, 5) is 0. The first-order chi connectivity index (χ1) is 5.68. The smallest absolute Gasteiger partial charge is 0.151 e. The second-order valence-corrected chi connectivity index (χ2v) is 4.55. The summed E-state index contributed by atoms with van der Waals surface area (Å²) in [6.07, 6.45) is 0. The maximum absolute atomic E-state index is 7.04. The minimum Gasteiger partial charge on any atom is -0.379 e. The van der Waals surface area contributed by atoms with E-state index in [4.69, 9.17) is 11.1 Å². The fourth-order valence-electron chi connectivity index (χ4n) is 0.788. The second-order valence-electron chi connectivity index (χ2n) is 2.28. The molecule has 0 saturated heterocycles. The molecule has 12 heavy (non-hydrogen) atoms. The number of amidine groups is 1. The molecule has 0 radical (unpaired) electrons. The lowest BCUT2D eigenvalue weighted by Crippen LogP contribution is -2.03. The van der Waals surface area contributed by atoms with Crippen molar-refractivity contribution in [2.75, 3.05) is 0 Å². The highest BCUT2D eigenvalue weighted by Crippen LogP contribution is 2.13. The van der Waals surface area contributed by atoms with E-state index in [-0.39, 0.29) is 5.17 Å². The van der Waals surface area contributed by atoms with Gasteiger partial charge in [0.2, 0.25) is 0 Å². The largest absolute Gasteiger partial charge is 0.379 e. The number of nitrogens with one attached hydrogen (secondary N) is 1. The van der Waals surface area contributed by atoms with E-state index in [0.29, 0.717) is 0 Å². The summed E-state index contributed by atoms with van der Waals surface area (Å²) in [5, 5.41) is 7.21. The van der Waals surface area contributed by atoms with E-state index in [1.54, 1.807) is 0 Å². The van der Waals surface area contributed by atoms with E-state index < -0.39 is 0 Å². The Balaban J connectivity index is 2.57. The summed E-state index contributed by atoms with van der Waals surface area (Å²) in [5.41, 5.74) is 6.43. The van der Waals surface area contributed by atoms with Crippen molar-refractivity contribution in [3.63, 3.8) is 0 Å². The van der Waals surface area contributed by atoms with Crippen LogP contribution in [0.4, 0.5) is 0 Å². The van der Waals surface area contributed by atoms with Gasteiger partial charge in [-0.15, -0.1) is 0 Å². The molecule has 0 aliphatic heterocycles. The Bertz CT molecular complexity index is 288. The Morgan fingerprint density at radius 2 is 2.33 bits per heavy atom. The highest BCUT2D eigenvalue weighted by Gasteiger charge is 1.95. The molecule has 3 N–H and O–H groups in total. The van der Waals surface area contributed by atoms with Crippen LogP contribution in [0.2, 0.25) is 0 Å². The van der Waals surface area contributed by atoms with Crippen LogP contribution in [0.15, 0.2) is 24.3 Å². The summed E-state index contributed by atoms with van der Waals surface area (Å²) < 4.78 is 1.22. The van der Waals surface area contributed by atoms with Crippen molar-refractivity contribution in [1.29, 1.82) is 5.41 Å². The fourth-order valence-corrected chi connectivity index (χ4v) is 1.90. The topological polar surface area (TPSA) is 49.9 Å². The number of hydrogen-bond donors (Lipinski definition) is 2. The third-order valence-corrected chi connectivity index (χ3v) is 2.74. The number of nitrogens with two attached hydrogens (primary N) is 1. The van der Waals surface area contributed by atoms with Gasteiger partial charge in [-0.05, 0) is 40.3 Å². The third kappa shape index (κ3) is 3.44. The van der Waals surface area contributed by atoms with Gasteiger partial charge in [0.05, 0.1) is 0 Å². The molecule has 1 aromatic carbocycles. The van der Waals surface area contributed by atoms with Gasteiger partial charge in [0.1, 0.15) is 0 Å². The van der Waals surface area contributed by atoms with Gasteiger partial charge in [0.15, 0.2) is 5.17 Å². The molecule has 0 unspecified atom stereocenters. The average Bonchev–Trinajstić information content (AvgIpc) is 2.01. The molecular formula is C8H9IN2S. The van der Waals surface area contributed by atoms with Crippen LogP contribution < -0.4 is 5.73 Å². The Hall–Kier alpha value is -0.230. The number of benzene rings is 1. The van der Waals surface area contributed by atoms with E-state index >= 15 is 0 Å². The van der Waals surface area contributed by atoms with E-state index in [0.717, 1.165) is 5.75 Å². The normalized spacial score (nSPS) is 9.75. The molecule has 0 amide bonds. The van der Waals surface area contributed by atoms with Gasteiger partial charge in [0, 0.05) is 9.32 Å². The van der Waals surface area contributed by atoms with Crippen LogP contribution >= 0.6 is 34.4 Å². The van der Waals surface area contributed by atoms with Crippen molar-refractivity contribution in [1.82, 2.24) is 0 Å². The van der Waals surface area contributed by atoms with Crippen LogP contribution in [-0.4, -0.2) is 5.17 Å². The molecule has 0 aliphatic rings. The molecule has 0 atom stereocenters. The summed E-state index contributed by atoms with van der Waals surface area (Å²) in [5.74, 6) is 0.784. The van der Waals surface area contributed by atoms with Crippen molar-refractivity contribution >= 4 is 39.5 Å². The Morgan fingerprint density at radius 3 is 2.92 bits per heavy atom. The summed E-state index contributed by atoms with van der Waals surface area (Å²) in [6, 6.07) is 8.19. The molecule has 0 spiro atoms. The fraction of sp³-hybridized carbons (Fsp3) is 0.125. The number of thioether (sulfide) groups is 1. The van der Waals surface area contributed by atoms with Gasteiger partial charge in [-0.25, -0.2) is 0 Å². The molecule has 0 fully saturated rings. The van der Waals surface area contributed by atoms with Crippen LogP contribution in [0, 0.1) is 8.98 Å². The molecule has 0 bridgehead atoms. The van der Waals surface area contributed by atoms with Crippen LogP contribution in [0.3, 0.4) is 0 Å². The molecule has 4 heteroatoms. The van der Waals surface area contributed by atoms with E-state index in [1.807, 2.05) is 18.2 Å². The van der Waals surface area contributed by atoms with Gasteiger partial charge in [-0.1, -0.05) is 23.9 Å². The van der Waals surface area contributed by atoms with Crippen LogP contribution in [-0.2, 0) is 5.75 Å². The molecule has 0 heterocycles. The monoisotopic (exact) mass is 292 g/mol. The van der Waals surface area contributed by atoms with Crippen LogP contribution in [0.25, 0.3) is 0 Å². The number of rotatable bonds is 2. The zero-order valence-electron chi connectivity index (χ0n) is 6.38. The third-order valence-electron chi connectivity index (χ3n) is 1.28. The van der Waals surface area contributed by atoms with Gasteiger partial charge in [-0.3, -0.25) is 5.41 Å². The highest BCUT2D eigenvalue weighted by molar-refractivity contribution is 14.1. The summed E-state index contributed by atoms with van der Waals surface area (Å²) in [7, 11) is 0. The first-order valence-electron chi connectivity index (χ1n) is 3.40. The molecule has 2 nitrogen and oxygen atoms in total. The Morgan fingerprint density at radius 1 is 1.58 bits per heavy atom. The zero-order chi connectivity index (χ0) is 8.97. The van der Waals surface area contributed by atoms with E-state index in [1.165, 1.54) is 20.9 Å². The first kappa shape index (κ1) is 9.85. The van der Waals surface area contributed by atoms with E-state index in [2.05, 4.69) is 28.7 Å². The highest BCUT2D eigenvalue weighted by atomic mass is 127. The Labute approximate surface area is 89.6 Å². The van der Waals surface area contributed by atoms with Crippen molar-refractivity contribution in [3.05, 3.63) is 33.4 Å². The molecule has 1 aromatic rings. The molecule has 0 aliphatic carbocycles. The van der Waals surface area contributed by atoms with Crippen molar-refractivity contribution in [2.24, 2.45) is 5.73 Å². The maximum Gasteiger partial charge on any atom is 0.151 e. The lowest BCUT2D eigenvalue weighted by Gasteiger charge is -1.99. The number of hydrogen-bond acceptors (Lipinski definition) is 2. The maximum atomic E-state index is 7.04. The summed E-state index contributed by atoms with van der Waals surface area (Å²) >= 11 is 3.62. The predicted molar refractivity (Wildman–Crippen MR) is 62.4 cm³/mol. The summed E-state index contributed by atoms with van der Waals surface area (Å²) in [6.45, 7) is 0.